The van der Waals surface area contributed by atoms with Gasteiger partial charge in [-0.1, -0.05) is 6.07 Å². The number of hydrogen-bond acceptors (Lipinski definition) is 4. The van der Waals surface area contributed by atoms with Crippen LogP contribution in [0.1, 0.15) is 20.3 Å². The van der Waals surface area contributed by atoms with Gasteiger partial charge in [-0.05, 0) is 26.3 Å². The topological polar surface area (TPSA) is 59.5 Å². The van der Waals surface area contributed by atoms with E-state index in [1.165, 1.54) is 4.31 Å². The van der Waals surface area contributed by atoms with Crippen molar-refractivity contribution in [1.29, 1.82) is 0 Å². The molecular weight excluding hydrogens is 252 g/mol. The largest absolute Gasteiger partial charge is 0.473 e. The van der Waals surface area contributed by atoms with Crippen molar-refractivity contribution in [2.75, 3.05) is 13.1 Å². The van der Waals surface area contributed by atoms with Crippen LogP contribution >= 0.6 is 0 Å². The number of sulfonamides is 1. The van der Waals surface area contributed by atoms with Crippen LogP contribution < -0.4 is 4.74 Å². The molecule has 0 aliphatic carbocycles. The van der Waals surface area contributed by atoms with Crippen LogP contribution in [0.25, 0.3) is 0 Å². The van der Waals surface area contributed by atoms with Gasteiger partial charge in [-0.2, -0.15) is 4.31 Å². The molecule has 5 nitrogen and oxygen atoms in total. The SMILES string of the molecule is CC(C)S(=O)(=O)N1CCC(Oc2ccccn2)C1. The van der Waals surface area contributed by atoms with Gasteiger partial charge in [-0.25, -0.2) is 13.4 Å². The normalized spacial score (nSPS) is 21.4. The van der Waals surface area contributed by atoms with Gasteiger partial charge in [0.05, 0.1) is 11.8 Å². The molecule has 0 spiro atoms. The Morgan fingerprint density at radius 2 is 2.22 bits per heavy atom. The molecule has 1 aromatic rings. The van der Waals surface area contributed by atoms with E-state index in [4.69, 9.17) is 4.74 Å². The minimum atomic E-state index is -3.17. The smallest absolute Gasteiger partial charge is 0.216 e. The predicted octanol–water partition coefficient (Wildman–Crippen LogP) is 1.27. The molecule has 1 aliphatic heterocycles. The average molecular weight is 270 g/mol. The number of aromatic nitrogens is 1. The molecule has 0 saturated carbocycles. The third kappa shape index (κ3) is 2.81. The highest BCUT2D eigenvalue weighted by Gasteiger charge is 2.34. The van der Waals surface area contributed by atoms with Crippen molar-refractivity contribution < 1.29 is 13.2 Å². The molecule has 0 amide bonds. The first kappa shape index (κ1) is 13.3. The highest BCUT2D eigenvalue weighted by Crippen LogP contribution is 2.20. The van der Waals surface area contributed by atoms with Gasteiger partial charge < -0.3 is 4.74 Å². The van der Waals surface area contributed by atoms with Gasteiger partial charge in [0.2, 0.25) is 15.9 Å². The first-order chi connectivity index (χ1) is 8.50. The molecule has 6 heteroatoms. The summed E-state index contributed by atoms with van der Waals surface area (Å²) in [6.07, 6.45) is 2.27. The summed E-state index contributed by atoms with van der Waals surface area (Å²) in [7, 11) is -3.17. The van der Waals surface area contributed by atoms with Gasteiger partial charge in [0.1, 0.15) is 6.10 Å². The number of nitrogens with zero attached hydrogens (tertiary/aromatic N) is 2. The Kier molecular flexibility index (Phi) is 3.87. The van der Waals surface area contributed by atoms with Crippen LogP contribution in [0.5, 0.6) is 5.88 Å². The summed E-state index contributed by atoms with van der Waals surface area (Å²) in [5, 5.41) is -0.383. The summed E-state index contributed by atoms with van der Waals surface area (Å²) < 4.78 is 31.1. The molecule has 1 fully saturated rings. The van der Waals surface area contributed by atoms with Crippen molar-refractivity contribution in [1.82, 2.24) is 9.29 Å². The molecular formula is C12H18N2O3S. The lowest BCUT2D eigenvalue weighted by molar-refractivity contribution is 0.207. The minimum Gasteiger partial charge on any atom is -0.473 e. The molecule has 2 rings (SSSR count). The van der Waals surface area contributed by atoms with Gasteiger partial charge in [0, 0.05) is 18.8 Å². The Labute approximate surface area is 108 Å². The average Bonchev–Trinajstić information content (AvgIpc) is 2.79. The third-order valence-corrected chi connectivity index (χ3v) is 5.23. The number of ether oxygens (including phenoxy) is 1. The van der Waals surface area contributed by atoms with Crippen molar-refractivity contribution in [2.45, 2.75) is 31.6 Å². The van der Waals surface area contributed by atoms with Crippen molar-refractivity contribution >= 4 is 10.0 Å². The van der Waals surface area contributed by atoms with Crippen LogP contribution in [0, 0.1) is 0 Å². The van der Waals surface area contributed by atoms with Gasteiger partial charge in [-0.15, -0.1) is 0 Å². The summed E-state index contributed by atoms with van der Waals surface area (Å²) in [6, 6.07) is 5.44. The van der Waals surface area contributed by atoms with Crippen molar-refractivity contribution in [3.05, 3.63) is 24.4 Å². The van der Waals surface area contributed by atoms with E-state index in [1.54, 1.807) is 26.1 Å². The molecule has 1 aliphatic rings. The van der Waals surface area contributed by atoms with E-state index < -0.39 is 10.0 Å². The zero-order chi connectivity index (χ0) is 13.2. The molecule has 0 radical (unpaired) electrons. The lowest BCUT2D eigenvalue weighted by Crippen LogP contribution is -2.35. The van der Waals surface area contributed by atoms with Gasteiger partial charge in [-0.3, -0.25) is 0 Å². The lowest BCUT2D eigenvalue weighted by Gasteiger charge is -2.19. The quantitative estimate of drug-likeness (QED) is 0.826. The summed E-state index contributed by atoms with van der Waals surface area (Å²) >= 11 is 0. The highest BCUT2D eigenvalue weighted by molar-refractivity contribution is 7.89. The summed E-state index contributed by atoms with van der Waals surface area (Å²) in [4.78, 5) is 4.07. The molecule has 1 saturated heterocycles. The van der Waals surface area contributed by atoms with Gasteiger partial charge >= 0.3 is 0 Å². The zero-order valence-corrected chi connectivity index (χ0v) is 11.4. The zero-order valence-electron chi connectivity index (χ0n) is 10.6. The summed E-state index contributed by atoms with van der Waals surface area (Å²) in [5.74, 6) is 0.547. The van der Waals surface area contributed by atoms with E-state index in [2.05, 4.69) is 4.98 Å². The molecule has 1 unspecified atom stereocenters. The van der Waals surface area contributed by atoms with Crippen LogP contribution in [0.2, 0.25) is 0 Å². The Morgan fingerprint density at radius 1 is 1.44 bits per heavy atom. The maximum absolute atomic E-state index is 12.0. The maximum Gasteiger partial charge on any atom is 0.216 e. The standard InChI is InChI=1S/C12H18N2O3S/c1-10(2)18(15,16)14-8-6-11(9-14)17-12-5-3-4-7-13-12/h3-5,7,10-11H,6,8-9H2,1-2H3. The van der Waals surface area contributed by atoms with Crippen LogP contribution in [0.4, 0.5) is 0 Å². The third-order valence-electron chi connectivity index (χ3n) is 2.99. The monoisotopic (exact) mass is 270 g/mol. The summed E-state index contributed by atoms with van der Waals surface area (Å²) in [6.45, 7) is 4.33. The molecule has 0 aromatic carbocycles. The fourth-order valence-electron chi connectivity index (χ4n) is 1.91. The Bertz CT molecular complexity index is 487. The summed E-state index contributed by atoms with van der Waals surface area (Å²) in [5.41, 5.74) is 0. The van der Waals surface area contributed by atoms with Crippen LogP contribution in [-0.4, -0.2) is 42.2 Å². The second-order valence-electron chi connectivity index (χ2n) is 4.65. The Balaban J connectivity index is 1.97. The Hall–Kier alpha value is -1.14. The second kappa shape index (κ2) is 5.24. The number of hydrogen-bond donors (Lipinski definition) is 0. The van der Waals surface area contributed by atoms with Crippen molar-refractivity contribution in [2.24, 2.45) is 0 Å². The number of pyridine rings is 1. The van der Waals surface area contributed by atoms with Crippen LogP contribution in [0.15, 0.2) is 24.4 Å². The first-order valence-corrected chi connectivity index (χ1v) is 7.57. The van der Waals surface area contributed by atoms with Crippen LogP contribution in [0.3, 0.4) is 0 Å². The van der Waals surface area contributed by atoms with Gasteiger partial charge in [0.15, 0.2) is 0 Å². The van der Waals surface area contributed by atoms with Crippen molar-refractivity contribution in [3.63, 3.8) is 0 Å². The highest BCUT2D eigenvalue weighted by atomic mass is 32.2. The Morgan fingerprint density at radius 3 is 2.83 bits per heavy atom. The predicted molar refractivity (Wildman–Crippen MR) is 68.9 cm³/mol. The molecule has 2 heterocycles. The minimum absolute atomic E-state index is 0.103. The van der Waals surface area contributed by atoms with E-state index in [1.807, 2.05) is 12.1 Å². The van der Waals surface area contributed by atoms with E-state index >= 15 is 0 Å². The van der Waals surface area contributed by atoms with Gasteiger partial charge in [0.25, 0.3) is 0 Å². The van der Waals surface area contributed by atoms with E-state index in [9.17, 15) is 8.42 Å². The lowest BCUT2D eigenvalue weighted by atomic mass is 10.3. The molecule has 1 atom stereocenters. The van der Waals surface area contributed by atoms with E-state index in [-0.39, 0.29) is 11.4 Å². The molecule has 100 valence electrons. The van der Waals surface area contributed by atoms with Crippen LogP contribution in [-0.2, 0) is 10.0 Å². The van der Waals surface area contributed by atoms with Crippen molar-refractivity contribution in [3.8, 4) is 5.88 Å². The van der Waals surface area contributed by atoms with E-state index in [0.717, 1.165) is 0 Å². The maximum atomic E-state index is 12.0. The molecule has 18 heavy (non-hydrogen) atoms. The fraction of sp³-hybridized carbons (Fsp3) is 0.583. The first-order valence-electron chi connectivity index (χ1n) is 6.07. The molecule has 0 N–H and O–H groups in total. The fourth-order valence-corrected chi connectivity index (χ4v) is 3.24. The van der Waals surface area contributed by atoms with E-state index in [0.29, 0.717) is 25.4 Å². The second-order valence-corrected chi connectivity index (χ2v) is 7.14. The molecule has 1 aromatic heterocycles. The number of rotatable bonds is 4. The molecule has 0 bridgehead atoms.